The number of hydrogen-bond donors (Lipinski definition) is 0. The Labute approximate surface area is 131 Å². The predicted molar refractivity (Wildman–Crippen MR) is 87.6 cm³/mol. The Morgan fingerprint density at radius 1 is 0.765 bits per heavy atom. The van der Waals surface area contributed by atoms with Crippen LogP contribution in [0.15, 0.2) is 0 Å². The van der Waals surface area contributed by atoms with Crippen LogP contribution >= 0.6 is 47.8 Å². The molecule has 0 aromatic rings. The molecule has 0 spiro atoms. The first-order valence-corrected chi connectivity index (χ1v) is 9.62. The third-order valence-electron chi connectivity index (χ3n) is 3.28. The molecule has 0 saturated carbocycles. The summed E-state index contributed by atoms with van der Waals surface area (Å²) in [5, 5.41) is 3.24. The molecule has 0 amide bonds. The number of hydrogen-bond acceptors (Lipinski definition) is 0. The Morgan fingerprint density at radius 3 is 1.47 bits per heavy atom. The summed E-state index contributed by atoms with van der Waals surface area (Å²) in [6.07, 6.45) is 8.52. The van der Waals surface area contributed by atoms with Gasteiger partial charge in [-0.05, 0) is 43.9 Å². The van der Waals surface area contributed by atoms with Gasteiger partial charge in [-0.25, -0.2) is 6.57 Å². The van der Waals surface area contributed by atoms with E-state index >= 15 is 0 Å². The van der Waals surface area contributed by atoms with Crippen molar-refractivity contribution in [2.24, 2.45) is 5.41 Å². The first-order valence-electron chi connectivity index (χ1n) is 6.26. The summed E-state index contributed by atoms with van der Waals surface area (Å²) >= 11 is 10.6. The fraction of sp³-hybridized carbons (Fsp3) is 0.923. The summed E-state index contributed by atoms with van der Waals surface area (Å²) in [6, 6.07) is 0. The van der Waals surface area contributed by atoms with E-state index in [1.807, 2.05) is 0 Å². The molecule has 0 atom stereocenters. The Kier molecular flexibility index (Phi) is 12.6. The van der Waals surface area contributed by atoms with Gasteiger partial charge in [0.1, 0.15) is 0 Å². The van der Waals surface area contributed by atoms with E-state index in [0.717, 1.165) is 22.4 Å². The van der Waals surface area contributed by atoms with E-state index in [0.29, 0.717) is 12.0 Å². The maximum atomic E-state index is 7.01. The SMILES string of the molecule is [C-]#[N+]CCC(CCCBr)(CCCBr)CCCBr. The van der Waals surface area contributed by atoms with Crippen LogP contribution in [0.3, 0.4) is 0 Å². The zero-order valence-corrected chi connectivity index (χ0v) is 15.1. The van der Waals surface area contributed by atoms with Crippen LogP contribution in [0.4, 0.5) is 0 Å². The van der Waals surface area contributed by atoms with E-state index in [-0.39, 0.29) is 0 Å². The topological polar surface area (TPSA) is 4.36 Å². The molecule has 0 fully saturated rings. The predicted octanol–water partition coefficient (Wildman–Crippen LogP) is 5.81. The van der Waals surface area contributed by atoms with Gasteiger partial charge in [0.05, 0.1) is 0 Å². The summed E-state index contributed by atoms with van der Waals surface area (Å²) in [4.78, 5) is 3.56. The fourth-order valence-corrected chi connectivity index (χ4v) is 3.21. The Balaban J connectivity index is 4.46. The van der Waals surface area contributed by atoms with Crippen molar-refractivity contribution in [1.82, 2.24) is 0 Å². The molecule has 0 heterocycles. The normalized spacial score (nSPS) is 11.4. The van der Waals surface area contributed by atoms with E-state index in [1.165, 1.54) is 38.5 Å². The van der Waals surface area contributed by atoms with Crippen molar-refractivity contribution in [2.75, 3.05) is 22.5 Å². The quantitative estimate of drug-likeness (QED) is 0.287. The number of rotatable bonds is 11. The molecule has 0 saturated heterocycles. The molecule has 0 N–H and O–H groups in total. The minimum Gasteiger partial charge on any atom is -0.317 e. The van der Waals surface area contributed by atoms with Gasteiger partial charge in [0.15, 0.2) is 0 Å². The standard InChI is InChI=1S/C13H22Br3N/c1-17-12-8-13(5-2-9-14,6-3-10-15)7-4-11-16/h2-12H2. The molecule has 0 rings (SSSR count). The van der Waals surface area contributed by atoms with Crippen LogP contribution in [-0.2, 0) is 0 Å². The zero-order chi connectivity index (χ0) is 13.0. The number of nitrogens with zero attached hydrogens (tertiary/aromatic N) is 1. The lowest BCUT2D eigenvalue weighted by Gasteiger charge is -2.32. The fourth-order valence-electron chi connectivity index (χ4n) is 2.37. The van der Waals surface area contributed by atoms with Crippen molar-refractivity contribution in [3.8, 4) is 0 Å². The molecule has 0 unspecified atom stereocenters. The number of alkyl halides is 3. The molecule has 0 aromatic carbocycles. The lowest BCUT2D eigenvalue weighted by atomic mass is 9.73. The van der Waals surface area contributed by atoms with Crippen LogP contribution in [0.5, 0.6) is 0 Å². The molecule has 0 aliphatic rings. The lowest BCUT2D eigenvalue weighted by molar-refractivity contribution is 0.203. The van der Waals surface area contributed by atoms with Crippen molar-refractivity contribution in [3.05, 3.63) is 11.4 Å². The maximum Gasteiger partial charge on any atom is 0.215 e. The maximum absolute atomic E-state index is 7.01. The Morgan fingerprint density at radius 2 is 1.18 bits per heavy atom. The second kappa shape index (κ2) is 12.0. The number of halogens is 3. The highest BCUT2D eigenvalue weighted by molar-refractivity contribution is 9.09. The first kappa shape index (κ1) is 17.9. The van der Waals surface area contributed by atoms with Crippen molar-refractivity contribution in [3.63, 3.8) is 0 Å². The monoisotopic (exact) mass is 429 g/mol. The molecule has 0 bridgehead atoms. The van der Waals surface area contributed by atoms with Gasteiger partial charge in [-0.1, -0.05) is 47.8 Å². The van der Waals surface area contributed by atoms with Gasteiger partial charge in [-0.15, -0.1) is 0 Å². The molecular weight excluding hydrogens is 410 g/mol. The van der Waals surface area contributed by atoms with Crippen LogP contribution in [0.1, 0.15) is 44.9 Å². The van der Waals surface area contributed by atoms with Crippen LogP contribution < -0.4 is 0 Å². The molecule has 0 radical (unpaired) electrons. The van der Waals surface area contributed by atoms with Crippen LogP contribution in [0.25, 0.3) is 4.85 Å². The molecule has 17 heavy (non-hydrogen) atoms. The van der Waals surface area contributed by atoms with Gasteiger partial charge in [-0.3, -0.25) is 0 Å². The molecule has 0 aliphatic heterocycles. The highest BCUT2D eigenvalue weighted by Gasteiger charge is 2.29. The minimum atomic E-state index is 0.403. The van der Waals surface area contributed by atoms with Crippen molar-refractivity contribution in [1.29, 1.82) is 0 Å². The Hall–Kier alpha value is 0.930. The summed E-state index contributed by atoms with van der Waals surface area (Å²) in [5.74, 6) is 0. The van der Waals surface area contributed by atoms with Crippen LogP contribution in [0.2, 0.25) is 0 Å². The van der Waals surface area contributed by atoms with E-state index < -0.39 is 0 Å². The smallest absolute Gasteiger partial charge is 0.215 e. The summed E-state index contributed by atoms with van der Waals surface area (Å²) in [5.41, 5.74) is 0.403. The molecule has 1 nitrogen and oxygen atoms in total. The Bertz CT molecular complexity index is 191. The highest BCUT2D eigenvalue weighted by atomic mass is 79.9. The molecule has 100 valence electrons. The largest absolute Gasteiger partial charge is 0.317 e. The van der Waals surface area contributed by atoms with E-state index in [9.17, 15) is 0 Å². The molecule has 0 aromatic heterocycles. The van der Waals surface area contributed by atoms with Gasteiger partial charge < -0.3 is 4.85 Å². The summed E-state index contributed by atoms with van der Waals surface area (Å²) in [6.45, 7) is 7.70. The zero-order valence-electron chi connectivity index (χ0n) is 10.4. The van der Waals surface area contributed by atoms with Crippen molar-refractivity contribution >= 4 is 47.8 Å². The summed E-state index contributed by atoms with van der Waals surface area (Å²) < 4.78 is 0. The van der Waals surface area contributed by atoms with Crippen molar-refractivity contribution < 1.29 is 0 Å². The second-order valence-electron chi connectivity index (χ2n) is 4.51. The van der Waals surface area contributed by atoms with Crippen LogP contribution in [0, 0.1) is 12.0 Å². The van der Waals surface area contributed by atoms with Gasteiger partial charge in [0.25, 0.3) is 0 Å². The average molecular weight is 432 g/mol. The minimum absolute atomic E-state index is 0.403. The van der Waals surface area contributed by atoms with E-state index in [1.54, 1.807) is 0 Å². The molecular formula is C13H22Br3N. The second-order valence-corrected chi connectivity index (χ2v) is 6.89. The average Bonchev–Trinajstić information content (AvgIpc) is 2.37. The third kappa shape index (κ3) is 8.61. The van der Waals surface area contributed by atoms with Gasteiger partial charge in [0, 0.05) is 22.4 Å². The molecule has 0 aliphatic carbocycles. The van der Waals surface area contributed by atoms with Gasteiger partial charge >= 0.3 is 0 Å². The van der Waals surface area contributed by atoms with Crippen LogP contribution in [-0.4, -0.2) is 22.5 Å². The summed E-state index contributed by atoms with van der Waals surface area (Å²) in [7, 11) is 0. The van der Waals surface area contributed by atoms with Crippen molar-refractivity contribution in [2.45, 2.75) is 44.9 Å². The molecule has 4 heteroatoms. The first-order chi connectivity index (χ1) is 8.24. The van der Waals surface area contributed by atoms with E-state index in [2.05, 4.69) is 52.6 Å². The highest BCUT2D eigenvalue weighted by Crippen LogP contribution is 2.39. The lowest BCUT2D eigenvalue weighted by Crippen LogP contribution is -2.23. The van der Waals surface area contributed by atoms with Gasteiger partial charge in [0.2, 0.25) is 6.54 Å². The van der Waals surface area contributed by atoms with E-state index in [4.69, 9.17) is 6.57 Å². The third-order valence-corrected chi connectivity index (χ3v) is 4.96. The van der Waals surface area contributed by atoms with Gasteiger partial charge in [-0.2, -0.15) is 0 Å².